The van der Waals surface area contributed by atoms with Crippen molar-refractivity contribution in [2.75, 3.05) is 83.1 Å². The number of fused-ring (bicyclic) bond motifs is 6. The van der Waals surface area contributed by atoms with Crippen LogP contribution in [0, 0.1) is 59.2 Å². The lowest BCUT2D eigenvalue weighted by Crippen LogP contribution is -2.65. The summed E-state index contributed by atoms with van der Waals surface area (Å²) < 4.78 is 128. The summed E-state index contributed by atoms with van der Waals surface area (Å²) in [4.78, 5) is 112. The molecule has 0 aromatic heterocycles. The number of ether oxygens (including phenoxy) is 18. The number of hydrogen-bond donors (Lipinski definition) is 2. The molecule has 4 bridgehead atoms. The molecule has 776 valence electrons. The summed E-state index contributed by atoms with van der Waals surface area (Å²) in [5, 5.41) is 22.6. The number of esters is 4. The summed E-state index contributed by atoms with van der Waals surface area (Å²) in [7, 11) is 9.43. The monoisotopic (exact) mass is 1960 g/mol. The van der Waals surface area contributed by atoms with E-state index in [0.29, 0.717) is 24.0 Å². The SMILES string of the molecule is C=C1CO[C@@H]2CC(=O)O[C@H](CC)[C@@H](CO[C@@H]3OC(C)[C@@H](O[Si](CC)(CC)CC)[C@H](OC)C3OC)/C=C(C)/C=C/C(=O)[C@H](C)C[C@H](C(C=O)C1)[C@H](O[C@@H]1OC(C)[C@@H](O)C(N(C)C)C1O)[C@H]2C.C=C1CO[C@@H]2CC(=O)O[C@H](CC)[C@@H](CO[C@@H]3OC(C)[C@@H](O[Si](CC)(CC)CC)[C@H](OC)C3OC)/C=C(C)/C=C/C(=O)[C@H](C)C[C@H](C(C=O)C1)[C@H](O[C@@H]1OC(C)[C@@H](OC(C)=O)C(N(C)C)C1OC(C)=O)[C@H]2C. The Labute approximate surface area is 812 Å². The van der Waals surface area contributed by atoms with Crippen molar-refractivity contribution >= 4 is 64.7 Å². The Morgan fingerprint density at radius 1 is 0.456 bits per heavy atom. The largest absolute Gasteiger partial charge is 0.462 e. The molecule has 32 nitrogen and oxygen atoms in total. The number of rotatable bonds is 32. The number of methoxy groups -OCH3 is 4. The molecule has 0 spiro atoms. The standard InChI is InChI=1S/C53H87NO16Si.C49H83NO14Si/c1-17-42-39(29-63-52-51(61-16)50(60-15)48(35(10)64-52)70-71(18-2,19-3)20-4)23-30(5)21-22-41(58)32(7)25-40-38(27-55)24-31(6)28-62-43(26-44(59)68-42)33(8)46(40)69-53-49(67-37(12)57)45(54(13)14)47(34(9)65-53)66-36(11)56;1-15-38-35(27-59-49-47(57-14)46(56-13)45(33(10)61-49)64-65(16-2,17-3)18-4)21-28(5)19-20-37(52)30(7)23-36-34(25-51)22-29(6)26-58-39(24-40(53)62-38)31(8)44(36)63-48-43(55)41(50(11)12)42(54)32(9)60-48/h21-23,27,32-35,38-40,42-43,45-53H,6,17-20,24-26,28-29H2,1-5,7-16H3;19-21,25,30-36,38-39,41-49,54-55H,6,15-18,22-24,26-27H2,1-5,7-14H3/b22-21+,30-23+;20-19+,28-21+/t32-,33+,34?,35?,38?,39-,40-,42-,43-,45?,46-,47-,48-,49?,50+,51?,52-,53+;30-,31+,32?,33?,34?,35-,36-,38-,39-,41?,42-,43?,44-,45-,46+,47?,48+,49-/m11/s1. The fourth-order valence-electron chi connectivity index (χ4n) is 21.2. The maximum atomic E-state index is 14.5. The zero-order chi connectivity index (χ0) is 101. The summed E-state index contributed by atoms with van der Waals surface area (Å²) in [6, 6.07) is 4.36. The third-order valence-electron chi connectivity index (χ3n) is 29.8. The molecule has 136 heavy (non-hydrogen) atoms. The minimum atomic E-state index is -2.07. The summed E-state index contributed by atoms with van der Waals surface area (Å²) in [6.07, 6.45) is -4.61. The van der Waals surface area contributed by atoms with E-state index >= 15 is 0 Å². The molecule has 0 amide bonds. The van der Waals surface area contributed by atoms with E-state index in [4.69, 9.17) is 94.1 Å². The molecule has 6 saturated heterocycles. The summed E-state index contributed by atoms with van der Waals surface area (Å²) >= 11 is 0. The third-order valence-corrected chi connectivity index (χ3v) is 39.1. The normalized spacial score (nSPS) is 39.5. The number of aliphatic hydroxyl groups excluding tert-OH is 2. The second-order valence-corrected chi connectivity index (χ2v) is 49.1. The molecule has 0 aromatic rings. The van der Waals surface area contributed by atoms with E-state index in [-0.39, 0.29) is 101 Å². The lowest BCUT2D eigenvalue weighted by Gasteiger charge is -2.49. The van der Waals surface area contributed by atoms with Gasteiger partial charge in [0.1, 0.15) is 61.4 Å². The second-order valence-electron chi connectivity index (χ2n) is 39.6. The molecule has 0 aromatic carbocycles. The highest BCUT2D eigenvalue weighted by Gasteiger charge is 2.57. The Kier molecular flexibility index (Phi) is 48.0. The molecule has 8 rings (SSSR count). The number of nitrogens with zero attached hydrogens (tertiary/aromatic N) is 2. The van der Waals surface area contributed by atoms with Crippen LogP contribution in [0.4, 0.5) is 0 Å². The summed E-state index contributed by atoms with van der Waals surface area (Å²) in [5.74, 6) is -8.41. The molecule has 8 aliphatic heterocycles. The van der Waals surface area contributed by atoms with Crippen molar-refractivity contribution in [3.05, 3.63) is 71.9 Å². The van der Waals surface area contributed by atoms with Gasteiger partial charge in [0.2, 0.25) is 0 Å². The first-order chi connectivity index (χ1) is 64.4. The van der Waals surface area contributed by atoms with Crippen LogP contribution in [0.15, 0.2) is 71.9 Å². The van der Waals surface area contributed by atoms with E-state index in [2.05, 4.69) is 54.7 Å². The van der Waals surface area contributed by atoms with Crippen LogP contribution in [0.2, 0.25) is 36.3 Å². The maximum absolute atomic E-state index is 14.5. The molecule has 36 atom stereocenters. The predicted octanol–water partition coefficient (Wildman–Crippen LogP) is 12.7. The molecule has 6 fully saturated rings. The lowest BCUT2D eigenvalue weighted by molar-refractivity contribution is -0.309. The Balaban J connectivity index is 0.000000372. The highest BCUT2D eigenvalue weighted by Crippen LogP contribution is 2.45. The van der Waals surface area contributed by atoms with Crippen LogP contribution < -0.4 is 0 Å². The van der Waals surface area contributed by atoms with Gasteiger partial charge in [-0.05, 0) is 169 Å². The smallest absolute Gasteiger partial charge is 0.308 e. The van der Waals surface area contributed by atoms with E-state index < -0.39 is 235 Å². The Bertz CT molecular complexity index is 3910. The zero-order valence-corrected chi connectivity index (χ0v) is 88.8. The first-order valence-corrected chi connectivity index (χ1v) is 54.8. The van der Waals surface area contributed by atoms with Crippen LogP contribution in [-0.2, 0) is 132 Å². The fraction of sp³-hybridized carbons (Fsp3) is 0.804. The van der Waals surface area contributed by atoms with Gasteiger partial charge in [-0.1, -0.05) is 143 Å². The molecule has 8 aliphatic rings. The number of cyclic esters (lactones) is 2. The fourth-order valence-corrected chi connectivity index (χ4v) is 27.0. The second kappa shape index (κ2) is 55.5. The van der Waals surface area contributed by atoms with E-state index in [1.165, 1.54) is 19.9 Å². The van der Waals surface area contributed by atoms with Crippen molar-refractivity contribution in [2.45, 2.75) is 385 Å². The van der Waals surface area contributed by atoms with Gasteiger partial charge in [-0.15, -0.1) is 0 Å². The van der Waals surface area contributed by atoms with Crippen LogP contribution in [0.1, 0.15) is 190 Å². The van der Waals surface area contributed by atoms with Gasteiger partial charge in [0.05, 0.1) is 118 Å². The predicted molar refractivity (Wildman–Crippen MR) is 516 cm³/mol. The van der Waals surface area contributed by atoms with Gasteiger partial charge < -0.3 is 119 Å². The molecular weight excluding hydrogens is 1790 g/mol. The average molecular weight is 1960 g/mol. The van der Waals surface area contributed by atoms with Crippen molar-refractivity contribution < 1.29 is 143 Å². The number of allylic oxidation sites excluding steroid dienone is 6. The molecule has 12 unspecified atom stereocenters. The van der Waals surface area contributed by atoms with Gasteiger partial charge in [-0.25, -0.2) is 0 Å². The lowest BCUT2D eigenvalue weighted by atomic mass is 9.73. The van der Waals surface area contributed by atoms with E-state index in [1.807, 2.05) is 81.4 Å². The number of aliphatic hydroxyl groups is 2. The van der Waals surface area contributed by atoms with Crippen molar-refractivity contribution in [1.82, 2.24) is 9.80 Å². The Morgan fingerprint density at radius 3 is 1.15 bits per heavy atom. The maximum Gasteiger partial charge on any atom is 0.308 e. The quantitative estimate of drug-likeness (QED) is 0.0208. The van der Waals surface area contributed by atoms with Crippen molar-refractivity contribution in [3.8, 4) is 0 Å². The summed E-state index contributed by atoms with van der Waals surface area (Å²) in [6.45, 7) is 46.8. The molecular formula is C102H170N2O30Si2. The van der Waals surface area contributed by atoms with Crippen LogP contribution in [0.25, 0.3) is 0 Å². The minimum Gasteiger partial charge on any atom is -0.462 e. The van der Waals surface area contributed by atoms with Crippen molar-refractivity contribution in [2.24, 2.45) is 59.2 Å². The summed E-state index contributed by atoms with van der Waals surface area (Å²) in [5.41, 5.74) is 2.77. The van der Waals surface area contributed by atoms with Crippen LogP contribution >= 0.6 is 0 Å². The van der Waals surface area contributed by atoms with Gasteiger partial charge in [-0.2, -0.15) is 0 Å². The van der Waals surface area contributed by atoms with Crippen LogP contribution in [0.3, 0.4) is 0 Å². The minimum absolute atomic E-state index is 0.0477. The average Bonchev–Trinajstić information content (AvgIpc) is 1.07. The van der Waals surface area contributed by atoms with Crippen LogP contribution in [-0.4, -0.2) is 327 Å². The van der Waals surface area contributed by atoms with Gasteiger partial charge in [0.15, 0.2) is 59.5 Å². The first-order valence-electron chi connectivity index (χ1n) is 49.8. The number of carbonyl (C=O) groups excluding carboxylic acids is 8. The molecule has 8 heterocycles. The van der Waals surface area contributed by atoms with E-state index in [9.17, 15) is 48.6 Å². The van der Waals surface area contributed by atoms with E-state index in [0.717, 1.165) is 60.0 Å². The molecule has 0 saturated carbocycles. The number of carbonyl (C=O) groups is 8. The van der Waals surface area contributed by atoms with Gasteiger partial charge in [-0.3, -0.25) is 33.7 Å². The zero-order valence-electron chi connectivity index (χ0n) is 86.8. The Morgan fingerprint density at radius 2 is 0.809 bits per heavy atom. The number of ketones is 2. The molecule has 34 heteroatoms. The topological polar surface area (TPSA) is 368 Å². The first kappa shape index (κ1) is 118. The molecule has 0 aliphatic carbocycles. The highest BCUT2D eigenvalue weighted by atomic mass is 28.4. The van der Waals surface area contributed by atoms with Gasteiger partial charge in [0, 0.05) is 89.6 Å². The Hall–Kier alpha value is -5.37. The van der Waals surface area contributed by atoms with Gasteiger partial charge in [0.25, 0.3) is 0 Å². The van der Waals surface area contributed by atoms with Crippen molar-refractivity contribution in [1.29, 1.82) is 0 Å². The highest BCUT2D eigenvalue weighted by molar-refractivity contribution is 6.74. The van der Waals surface area contributed by atoms with Crippen LogP contribution in [0.5, 0.6) is 0 Å². The van der Waals surface area contributed by atoms with Crippen molar-refractivity contribution in [3.63, 3.8) is 0 Å². The number of aldehydes is 2. The number of likely N-dealkylation sites (N-methyl/N-ethyl adjacent to an activating group) is 2. The molecule has 2 N–H and O–H groups in total. The number of hydrogen-bond acceptors (Lipinski definition) is 32. The van der Waals surface area contributed by atoms with E-state index in [1.54, 1.807) is 98.5 Å². The third kappa shape index (κ3) is 30.8. The molecule has 0 radical (unpaired) electrons. The van der Waals surface area contributed by atoms with Gasteiger partial charge >= 0.3 is 23.9 Å².